The third-order valence-electron chi connectivity index (χ3n) is 2.62. The molecular formula is C14H21NO4. The molecule has 0 amide bonds. The Morgan fingerprint density at radius 3 is 2.63 bits per heavy atom. The SMILES string of the molecule is CCOc1cccc(C(NCC(C)C)C(=O)O)c1O. The summed E-state index contributed by atoms with van der Waals surface area (Å²) in [6.07, 6.45) is 0. The average molecular weight is 267 g/mol. The van der Waals surface area contributed by atoms with Gasteiger partial charge in [-0.25, -0.2) is 0 Å². The minimum atomic E-state index is -1.02. The maximum absolute atomic E-state index is 11.3. The number of carbonyl (C=O) groups is 1. The zero-order valence-corrected chi connectivity index (χ0v) is 11.5. The van der Waals surface area contributed by atoms with Gasteiger partial charge in [-0.3, -0.25) is 4.79 Å². The molecule has 1 aromatic carbocycles. The molecule has 0 aliphatic rings. The number of carboxylic acids is 1. The lowest BCUT2D eigenvalue weighted by Crippen LogP contribution is -2.31. The summed E-state index contributed by atoms with van der Waals surface area (Å²) in [4.78, 5) is 11.3. The number of nitrogens with one attached hydrogen (secondary N) is 1. The molecule has 3 N–H and O–H groups in total. The molecule has 0 aliphatic carbocycles. The molecule has 0 aromatic heterocycles. The highest BCUT2D eigenvalue weighted by atomic mass is 16.5. The normalized spacial score (nSPS) is 12.4. The number of phenols is 1. The predicted molar refractivity (Wildman–Crippen MR) is 72.5 cm³/mol. The summed E-state index contributed by atoms with van der Waals surface area (Å²) in [7, 11) is 0. The summed E-state index contributed by atoms with van der Waals surface area (Å²) >= 11 is 0. The van der Waals surface area contributed by atoms with Crippen LogP contribution in [-0.4, -0.2) is 29.3 Å². The first-order valence-corrected chi connectivity index (χ1v) is 6.38. The van der Waals surface area contributed by atoms with Crippen molar-refractivity contribution in [1.29, 1.82) is 0 Å². The summed E-state index contributed by atoms with van der Waals surface area (Å²) in [6, 6.07) is 3.93. The average Bonchev–Trinajstić information content (AvgIpc) is 2.33. The largest absolute Gasteiger partial charge is 0.504 e. The Labute approximate surface area is 113 Å². The van der Waals surface area contributed by atoms with E-state index in [0.29, 0.717) is 30.4 Å². The molecule has 0 saturated heterocycles. The topological polar surface area (TPSA) is 78.8 Å². The molecule has 0 fully saturated rings. The lowest BCUT2D eigenvalue weighted by Gasteiger charge is -2.18. The van der Waals surface area contributed by atoms with Gasteiger partial charge in [0.2, 0.25) is 0 Å². The molecule has 1 atom stereocenters. The number of rotatable bonds is 7. The van der Waals surface area contributed by atoms with Crippen LogP contribution in [0.25, 0.3) is 0 Å². The Bertz CT molecular complexity index is 431. The summed E-state index contributed by atoms with van der Waals surface area (Å²) in [6.45, 7) is 6.74. The number of phenolic OH excluding ortho intramolecular Hbond substituents is 1. The van der Waals surface area contributed by atoms with Crippen molar-refractivity contribution in [3.63, 3.8) is 0 Å². The molecule has 1 unspecified atom stereocenters. The summed E-state index contributed by atoms with van der Waals surface area (Å²) in [5.74, 6) is -0.519. The minimum absolute atomic E-state index is 0.118. The van der Waals surface area contributed by atoms with Crippen LogP contribution in [0.4, 0.5) is 0 Å². The van der Waals surface area contributed by atoms with Crippen molar-refractivity contribution >= 4 is 5.97 Å². The monoisotopic (exact) mass is 267 g/mol. The van der Waals surface area contributed by atoms with Crippen LogP contribution >= 0.6 is 0 Å². The third kappa shape index (κ3) is 4.13. The van der Waals surface area contributed by atoms with Crippen LogP contribution < -0.4 is 10.1 Å². The molecule has 0 saturated carbocycles. The Balaban J connectivity index is 3.02. The fourth-order valence-electron chi connectivity index (χ4n) is 1.73. The van der Waals surface area contributed by atoms with Crippen molar-refractivity contribution in [2.45, 2.75) is 26.8 Å². The molecule has 0 heterocycles. The molecule has 106 valence electrons. The van der Waals surface area contributed by atoms with E-state index in [1.807, 2.05) is 13.8 Å². The maximum Gasteiger partial charge on any atom is 0.325 e. The highest BCUT2D eigenvalue weighted by Crippen LogP contribution is 2.33. The Hall–Kier alpha value is -1.75. The molecule has 1 aromatic rings. The van der Waals surface area contributed by atoms with Gasteiger partial charge in [-0.2, -0.15) is 0 Å². The smallest absolute Gasteiger partial charge is 0.325 e. The molecular weight excluding hydrogens is 246 g/mol. The third-order valence-corrected chi connectivity index (χ3v) is 2.62. The van der Waals surface area contributed by atoms with Gasteiger partial charge in [0.15, 0.2) is 11.5 Å². The summed E-state index contributed by atoms with van der Waals surface area (Å²) < 4.78 is 5.26. The molecule has 0 bridgehead atoms. The first-order chi connectivity index (χ1) is 8.97. The van der Waals surface area contributed by atoms with Crippen LogP contribution in [-0.2, 0) is 4.79 Å². The first kappa shape index (κ1) is 15.3. The second-order valence-corrected chi connectivity index (χ2v) is 4.70. The molecule has 19 heavy (non-hydrogen) atoms. The van der Waals surface area contributed by atoms with Gasteiger partial charge in [0, 0.05) is 5.56 Å². The lowest BCUT2D eigenvalue weighted by molar-refractivity contribution is -0.139. The van der Waals surface area contributed by atoms with E-state index in [1.165, 1.54) is 0 Å². The van der Waals surface area contributed by atoms with Crippen LogP contribution in [0.15, 0.2) is 18.2 Å². The van der Waals surface area contributed by atoms with Crippen LogP contribution in [0.3, 0.4) is 0 Å². The van der Waals surface area contributed by atoms with E-state index >= 15 is 0 Å². The van der Waals surface area contributed by atoms with Gasteiger partial charge < -0.3 is 20.3 Å². The van der Waals surface area contributed by atoms with Crippen molar-refractivity contribution in [3.05, 3.63) is 23.8 Å². The van der Waals surface area contributed by atoms with Crippen molar-refractivity contribution in [1.82, 2.24) is 5.32 Å². The van der Waals surface area contributed by atoms with Gasteiger partial charge in [-0.05, 0) is 25.5 Å². The van der Waals surface area contributed by atoms with E-state index in [4.69, 9.17) is 4.74 Å². The highest BCUT2D eigenvalue weighted by Gasteiger charge is 2.24. The Morgan fingerprint density at radius 2 is 2.11 bits per heavy atom. The fraction of sp³-hybridized carbons (Fsp3) is 0.500. The molecule has 0 aliphatic heterocycles. The van der Waals surface area contributed by atoms with Gasteiger partial charge >= 0.3 is 5.97 Å². The first-order valence-electron chi connectivity index (χ1n) is 6.38. The number of ether oxygens (including phenoxy) is 1. The van der Waals surface area contributed by atoms with Crippen molar-refractivity contribution < 1.29 is 19.7 Å². The summed E-state index contributed by atoms with van der Waals surface area (Å²) in [5, 5.41) is 22.3. The van der Waals surface area contributed by atoms with E-state index in [1.54, 1.807) is 25.1 Å². The summed E-state index contributed by atoms with van der Waals surface area (Å²) in [5.41, 5.74) is 0.319. The van der Waals surface area contributed by atoms with Gasteiger partial charge in [0.05, 0.1) is 6.61 Å². The molecule has 5 nitrogen and oxygen atoms in total. The lowest BCUT2D eigenvalue weighted by atomic mass is 10.0. The van der Waals surface area contributed by atoms with Crippen LogP contribution in [0, 0.1) is 5.92 Å². The van der Waals surface area contributed by atoms with Gasteiger partial charge in [-0.1, -0.05) is 26.0 Å². The highest BCUT2D eigenvalue weighted by molar-refractivity contribution is 5.77. The van der Waals surface area contributed by atoms with Gasteiger partial charge in [-0.15, -0.1) is 0 Å². The molecule has 0 radical (unpaired) electrons. The second kappa shape index (κ2) is 6.99. The van der Waals surface area contributed by atoms with E-state index < -0.39 is 12.0 Å². The van der Waals surface area contributed by atoms with Crippen molar-refractivity contribution in [2.75, 3.05) is 13.2 Å². The molecule has 1 rings (SSSR count). The number of benzene rings is 1. The number of carboxylic acid groups (broad SMARTS) is 1. The number of aliphatic carboxylic acids is 1. The minimum Gasteiger partial charge on any atom is -0.504 e. The van der Waals surface area contributed by atoms with E-state index in [9.17, 15) is 15.0 Å². The molecule has 0 spiro atoms. The number of para-hydroxylation sites is 1. The fourth-order valence-corrected chi connectivity index (χ4v) is 1.73. The maximum atomic E-state index is 11.3. The Kier molecular flexibility index (Phi) is 5.63. The van der Waals surface area contributed by atoms with Gasteiger partial charge in [0.25, 0.3) is 0 Å². The number of hydrogen-bond donors (Lipinski definition) is 3. The van der Waals surface area contributed by atoms with Crippen molar-refractivity contribution in [3.8, 4) is 11.5 Å². The zero-order chi connectivity index (χ0) is 14.4. The molecule has 5 heteroatoms. The Morgan fingerprint density at radius 1 is 1.42 bits per heavy atom. The number of aromatic hydroxyl groups is 1. The van der Waals surface area contributed by atoms with Crippen LogP contribution in [0.5, 0.6) is 11.5 Å². The van der Waals surface area contributed by atoms with E-state index in [2.05, 4.69) is 5.32 Å². The van der Waals surface area contributed by atoms with Crippen LogP contribution in [0.1, 0.15) is 32.4 Å². The quantitative estimate of drug-likeness (QED) is 0.705. The van der Waals surface area contributed by atoms with Gasteiger partial charge in [0.1, 0.15) is 6.04 Å². The van der Waals surface area contributed by atoms with E-state index in [0.717, 1.165) is 0 Å². The second-order valence-electron chi connectivity index (χ2n) is 4.70. The zero-order valence-electron chi connectivity index (χ0n) is 11.5. The van der Waals surface area contributed by atoms with Crippen molar-refractivity contribution in [2.24, 2.45) is 5.92 Å². The van der Waals surface area contributed by atoms with Crippen LogP contribution in [0.2, 0.25) is 0 Å². The number of hydrogen-bond acceptors (Lipinski definition) is 4. The van der Waals surface area contributed by atoms with E-state index in [-0.39, 0.29) is 5.75 Å². The standard InChI is InChI=1S/C14H21NO4/c1-4-19-11-7-5-6-10(13(11)16)12(14(17)18)15-8-9(2)3/h5-7,9,12,15-16H,4,8H2,1-3H3,(H,17,18). The predicted octanol–water partition coefficient (Wildman–Crippen LogP) is 2.16.